The van der Waals surface area contributed by atoms with Crippen LogP contribution in [0.15, 0.2) is 42.5 Å². The second-order valence-electron chi connectivity index (χ2n) is 5.00. The first kappa shape index (κ1) is 15.9. The van der Waals surface area contributed by atoms with E-state index in [2.05, 4.69) is 24.4 Å². The fraction of sp³-hybridized carbons (Fsp3) is 0.278. The van der Waals surface area contributed by atoms with Gasteiger partial charge in [0, 0.05) is 12.1 Å². The maximum absolute atomic E-state index is 12.2. The molecule has 4 nitrogen and oxygen atoms in total. The van der Waals surface area contributed by atoms with Gasteiger partial charge >= 0.3 is 0 Å². The van der Waals surface area contributed by atoms with E-state index in [0.29, 0.717) is 23.6 Å². The van der Waals surface area contributed by atoms with Crippen molar-refractivity contribution in [2.75, 3.05) is 20.8 Å². The second-order valence-corrected chi connectivity index (χ2v) is 5.00. The van der Waals surface area contributed by atoms with Gasteiger partial charge in [0.2, 0.25) is 0 Å². The Labute approximate surface area is 131 Å². The molecule has 1 amide bonds. The molecule has 0 aromatic heterocycles. The van der Waals surface area contributed by atoms with E-state index in [-0.39, 0.29) is 5.91 Å². The van der Waals surface area contributed by atoms with Crippen LogP contribution < -0.4 is 14.8 Å². The quantitative estimate of drug-likeness (QED) is 0.892. The Kier molecular flexibility index (Phi) is 5.42. The van der Waals surface area contributed by atoms with Crippen LogP contribution in [0.25, 0.3) is 0 Å². The third-order valence-electron chi connectivity index (χ3n) is 3.59. The number of methoxy groups -OCH3 is 2. The van der Waals surface area contributed by atoms with Gasteiger partial charge in [0.1, 0.15) is 0 Å². The Morgan fingerprint density at radius 3 is 2.45 bits per heavy atom. The highest BCUT2D eigenvalue weighted by atomic mass is 16.5. The van der Waals surface area contributed by atoms with Gasteiger partial charge in [-0.05, 0) is 42.7 Å². The minimum atomic E-state index is -0.116. The van der Waals surface area contributed by atoms with E-state index in [9.17, 15) is 4.79 Å². The Morgan fingerprint density at radius 1 is 1.05 bits per heavy atom. The molecule has 0 atom stereocenters. The van der Waals surface area contributed by atoms with Gasteiger partial charge in [-0.25, -0.2) is 0 Å². The fourth-order valence-electron chi connectivity index (χ4n) is 2.28. The molecule has 2 rings (SSSR count). The molecule has 2 aromatic rings. The summed E-state index contributed by atoms with van der Waals surface area (Å²) in [5.41, 5.74) is 3.04. The topological polar surface area (TPSA) is 47.6 Å². The van der Waals surface area contributed by atoms with Gasteiger partial charge in [-0.2, -0.15) is 0 Å². The average Bonchev–Trinajstić information content (AvgIpc) is 2.55. The number of ether oxygens (including phenoxy) is 2. The number of benzene rings is 2. The molecule has 0 bridgehead atoms. The highest BCUT2D eigenvalue weighted by Gasteiger charge is 2.10. The van der Waals surface area contributed by atoms with Crippen molar-refractivity contribution in [1.82, 2.24) is 5.32 Å². The number of amides is 1. The molecule has 22 heavy (non-hydrogen) atoms. The number of carbonyl (C=O) groups is 1. The standard InChI is InChI=1S/C18H21NO3/c1-13-6-4-5-7-14(13)10-11-19-18(20)15-8-9-16(21-2)17(12-15)22-3/h4-9,12H,10-11H2,1-3H3,(H,19,20). The van der Waals surface area contributed by atoms with Crippen LogP contribution in [0.4, 0.5) is 0 Å². The Balaban J connectivity index is 1.96. The summed E-state index contributed by atoms with van der Waals surface area (Å²) in [5, 5.41) is 2.93. The van der Waals surface area contributed by atoms with E-state index in [1.54, 1.807) is 32.4 Å². The Bertz CT molecular complexity index is 653. The van der Waals surface area contributed by atoms with Crippen LogP contribution in [-0.4, -0.2) is 26.7 Å². The minimum absolute atomic E-state index is 0.116. The van der Waals surface area contributed by atoms with Crippen molar-refractivity contribution < 1.29 is 14.3 Å². The lowest BCUT2D eigenvalue weighted by Crippen LogP contribution is -2.25. The lowest BCUT2D eigenvalue weighted by molar-refractivity contribution is 0.0953. The molecule has 0 saturated carbocycles. The maximum atomic E-state index is 12.2. The molecular formula is C18H21NO3. The van der Waals surface area contributed by atoms with E-state index < -0.39 is 0 Å². The van der Waals surface area contributed by atoms with Crippen molar-refractivity contribution in [3.05, 3.63) is 59.2 Å². The van der Waals surface area contributed by atoms with E-state index in [1.807, 2.05) is 12.1 Å². The largest absolute Gasteiger partial charge is 0.493 e. The number of nitrogens with one attached hydrogen (secondary N) is 1. The first-order valence-corrected chi connectivity index (χ1v) is 7.20. The van der Waals surface area contributed by atoms with Crippen LogP contribution in [0, 0.1) is 6.92 Å². The lowest BCUT2D eigenvalue weighted by atomic mass is 10.1. The summed E-state index contributed by atoms with van der Waals surface area (Å²) in [5.74, 6) is 1.04. The molecule has 0 aliphatic heterocycles. The molecule has 4 heteroatoms. The van der Waals surface area contributed by atoms with E-state index in [1.165, 1.54) is 11.1 Å². The molecule has 0 spiro atoms. The number of aryl methyl sites for hydroxylation is 1. The lowest BCUT2D eigenvalue weighted by Gasteiger charge is -2.10. The number of hydrogen-bond donors (Lipinski definition) is 1. The SMILES string of the molecule is COc1ccc(C(=O)NCCc2ccccc2C)cc1OC. The van der Waals surface area contributed by atoms with E-state index in [4.69, 9.17) is 9.47 Å². The molecular weight excluding hydrogens is 278 g/mol. The molecule has 0 unspecified atom stereocenters. The van der Waals surface area contributed by atoms with Gasteiger partial charge in [-0.3, -0.25) is 4.79 Å². The van der Waals surface area contributed by atoms with Gasteiger partial charge in [0.25, 0.3) is 5.91 Å². The third kappa shape index (κ3) is 3.79. The van der Waals surface area contributed by atoms with Crippen molar-refractivity contribution in [3.63, 3.8) is 0 Å². The normalized spacial score (nSPS) is 10.1. The number of carbonyl (C=O) groups excluding carboxylic acids is 1. The van der Waals surface area contributed by atoms with Crippen LogP contribution in [-0.2, 0) is 6.42 Å². The Hall–Kier alpha value is -2.49. The van der Waals surface area contributed by atoms with Gasteiger partial charge in [0.15, 0.2) is 11.5 Å². The Morgan fingerprint density at radius 2 is 1.77 bits per heavy atom. The fourth-order valence-corrected chi connectivity index (χ4v) is 2.28. The molecule has 0 aliphatic carbocycles. The third-order valence-corrected chi connectivity index (χ3v) is 3.59. The zero-order valence-corrected chi connectivity index (χ0v) is 13.2. The molecule has 0 radical (unpaired) electrons. The van der Waals surface area contributed by atoms with E-state index in [0.717, 1.165) is 6.42 Å². The predicted molar refractivity (Wildman–Crippen MR) is 86.8 cm³/mol. The van der Waals surface area contributed by atoms with Gasteiger partial charge in [0.05, 0.1) is 14.2 Å². The summed E-state index contributed by atoms with van der Waals surface area (Å²) in [6.07, 6.45) is 0.811. The van der Waals surface area contributed by atoms with Gasteiger partial charge in [-0.1, -0.05) is 24.3 Å². The molecule has 0 fully saturated rings. The van der Waals surface area contributed by atoms with Crippen molar-refractivity contribution in [2.45, 2.75) is 13.3 Å². The molecule has 0 aliphatic rings. The minimum Gasteiger partial charge on any atom is -0.493 e. The van der Waals surface area contributed by atoms with Gasteiger partial charge in [-0.15, -0.1) is 0 Å². The van der Waals surface area contributed by atoms with Crippen LogP contribution in [0.3, 0.4) is 0 Å². The summed E-state index contributed by atoms with van der Waals surface area (Å²) >= 11 is 0. The summed E-state index contributed by atoms with van der Waals surface area (Å²) in [6, 6.07) is 13.3. The number of rotatable bonds is 6. The van der Waals surface area contributed by atoms with Crippen LogP contribution in [0.5, 0.6) is 11.5 Å². The zero-order valence-electron chi connectivity index (χ0n) is 13.2. The summed E-state index contributed by atoms with van der Waals surface area (Å²) in [6.45, 7) is 2.67. The van der Waals surface area contributed by atoms with Crippen LogP contribution >= 0.6 is 0 Å². The van der Waals surface area contributed by atoms with Crippen molar-refractivity contribution in [3.8, 4) is 11.5 Å². The van der Waals surface area contributed by atoms with Crippen molar-refractivity contribution >= 4 is 5.91 Å². The highest BCUT2D eigenvalue weighted by Crippen LogP contribution is 2.27. The predicted octanol–water partition coefficient (Wildman–Crippen LogP) is 2.98. The van der Waals surface area contributed by atoms with Gasteiger partial charge < -0.3 is 14.8 Å². The maximum Gasteiger partial charge on any atom is 0.251 e. The molecule has 1 N–H and O–H groups in total. The smallest absolute Gasteiger partial charge is 0.251 e. The summed E-state index contributed by atoms with van der Waals surface area (Å²) in [7, 11) is 3.12. The monoisotopic (exact) mass is 299 g/mol. The highest BCUT2D eigenvalue weighted by molar-refractivity contribution is 5.94. The van der Waals surface area contributed by atoms with Crippen LogP contribution in [0.1, 0.15) is 21.5 Å². The first-order valence-electron chi connectivity index (χ1n) is 7.20. The van der Waals surface area contributed by atoms with Crippen molar-refractivity contribution in [1.29, 1.82) is 0 Å². The van der Waals surface area contributed by atoms with Crippen LogP contribution in [0.2, 0.25) is 0 Å². The molecule has 2 aromatic carbocycles. The van der Waals surface area contributed by atoms with E-state index >= 15 is 0 Å². The molecule has 0 saturated heterocycles. The second kappa shape index (κ2) is 7.50. The zero-order chi connectivity index (χ0) is 15.9. The summed E-state index contributed by atoms with van der Waals surface area (Å²) in [4.78, 5) is 12.2. The number of hydrogen-bond acceptors (Lipinski definition) is 3. The first-order chi connectivity index (χ1) is 10.7. The molecule has 0 heterocycles. The van der Waals surface area contributed by atoms with Crippen molar-refractivity contribution in [2.24, 2.45) is 0 Å². The average molecular weight is 299 g/mol. The molecule has 116 valence electrons. The summed E-state index contributed by atoms with van der Waals surface area (Å²) < 4.78 is 10.4.